The third-order valence-electron chi connectivity index (χ3n) is 4.65. The molecule has 30 heavy (non-hydrogen) atoms. The van der Waals surface area contributed by atoms with Crippen molar-refractivity contribution in [1.29, 1.82) is 0 Å². The lowest BCUT2D eigenvalue weighted by molar-refractivity contribution is 0.0295. The maximum absolute atomic E-state index is 12.5. The number of hydrogen-bond donors (Lipinski definition) is 4. The van der Waals surface area contributed by atoms with Gasteiger partial charge in [0.05, 0.1) is 23.2 Å². The van der Waals surface area contributed by atoms with Crippen molar-refractivity contribution in [3.05, 3.63) is 30.1 Å². The maximum atomic E-state index is 12.5. The molecular weight excluding hydrogens is 388 g/mol. The van der Waals surface area contributed by atoms with E-state index in [2.05, 4.69) is 15.3 Å². The van der Waals surface area contributed by atoms with Crippen molar-refractivity contribution in [3.8, 4) is 0 Å². The highest BCUT2D eigenvalue weighted by atomic mass is 16.6. The van der Waals surface area contributed by atoms with Gasteiger partial charge in [0, 0.05) is 18.4 Å². The van der Waals surface area contributed by atoms with Crippen molar-refractivity contribution < 1.29 is 24.9 Å². The largest absolute Gasteiger partial charge is 0.443 e. The molecule has 0 aliphatic heterocycles. The molecule has 0 saturated carbocycles. The fourth-order valence-electron chi connectivity index (χ4n) is 3.34. The molecule has 1 aromatic carbocycles. The minimum absolute atomic E-state index is 0.111. The number of nitrogens with zero attached hydrogens (tertiary/aromatic N) is 3. The van der Waals surface area contributed by atoms with Crippen LogP contribution in [0.5, 0.6) is 0 Å². The first-order chi connectivity index (χ1) is 14.0. The number of aromatic nitrogens is 3. The number of hydrogen-bond acceptors (Lipinski definition) is 7. The number of aliphatic hydroxyl groups excluding tert-OH is 2. The second-order valence-corrected chi connectivity index (χ2v) is 8.51. The van der Waals surface area contributed by atoms with Crippen LogP contribution in [-0.4, -0.2) is 53.8 Å². The van der Waals surface area contributed by atoms with Crippen LogP contribution in [0.15, 0.2) is 24.3 Å². The number of carbonyl (C=O) groups excluding carboxylic acids is 1. The number of para-hydroxylation sites is 1. The van der Waals surface area contributed by atoms with Gasteiger partial charge >= 0.3 is 6.09 Å². The highest BCUT2D eigenvalue weighted by Crippen LogP contribution is 2.31. The monoisotopic (exact) mass is 416 g/mol. The van der Waals surface area contributed by atoms with Crippen LogP contribution in [0.4, 0.5) is 10.6 Å². The average Bonchev–Trinajstić information content (AvgIpc) is 2.98. The van der Waals surface area contributed by atoms with E-state index in [9.17, 15) is 15.0 Å². The number of pyridine rings is 1. The molecule has 3 rings (SSSR count). The standard InChI is InChI=1S/C21H28N4O5/c1-20(2,29)12-25-15(11-27)23-16-17(25)13-7-5-6-8-14(13)22-18(16)24-19(28)30-21(3,4)9-10-26/h5-8,26-27,29H,9-12H2,1-4H3,(H,22,24,28). The Morgan fingerprint density at radius 2 is 1.87 bits per heavy atom. The molecule has 0 radical (unpaired) electrons. The first-order valence-electron chi connectivity index (χ1n) is 9.76. The van der Waals surface area contributed by atoms with Gasteiger partial charge in [-0.15, -0.1) is 0 Å². The molecule has 162 valence electrons. The van der Waals surface area contributed by atoms with Crippen molar-refractivity contribution >= 4 is 33.8 Å². The third kappa shape index (κ3) is 4.69. The topological polar surface area (TPSA) is 130 Å². The zero-order valence-electron chi connectivity index (χ0n) is 17.6. The van der Waals surface area contributed by atoms with Crippen LogP contribution in [0.1, 0.15) is 39.9 Å². The SMILES string of the molecule is CC(C)(O)Cn1c(CO)nc2c(NC(=O)OC(C)(C)CCO)nc3ccccc3c21. The van der Waals surface area contributed by atoms with Crippen LogP contribution in [0.2, 0.25) is 0 Å². The Morgan fingerprint density at radius 1 is 1.17 bits per heavy atom. The summed E-state index contributed by atoms with van der Waals surface area (Å²) in [6.45, 7) is 6.49. The molecule has 0 saturated heterocycles. The highest BCUT2D eigenvalue weighted by Gasteiger charge is 2.26. The molecule has 0 aliphatic rings. The summed E-state index contributed by atoms with van der Waals surface area (Å²) in [6.07, 6.45) is -0.435. The molecule has 0 spiro atoms. The lowest BCUT2D eigenvalue weighted by Gasteiger charge is -2.24. The van der Waals surface area contributed by atoms with Crippen LogP contribution in [0.25, 0.3) is 21.9 Å². The summed E-state index contributed by atoms with van der Waals surface area (Å²) in [5, 5.41) is 32.8. The van der Waals surface area contributed by atoms with Gasteiger partial charge < -0.3 is 24.6 Å². The predicted molar refractivity (Wildman–Crippen MR) is 113 cm³/mol. The Kier molecular flexibility index (Phi) is 5.98. The number of aliphatic hydroxyl groups is 3. The van der Waals surface area contributed by atoms with Gasteiger partial charge in [0.1, 0.15) is 23.5 Å². The first-order valence-corrected chi connectivity index (χ1v) is 9.76. The number of rotatable bonds is 7. The molecule has 0 fully saturated rings. The van der Waals surface area contributed by atoms with Crippen molar-refractivity contribution in [2.24, 2.45) is 0 Å². The van der Waals surface area contributed by atoms with Crippen LogP contribution >= 0.6 is 0 Å². The van der Waals surface area contributed by atoms with E-state index in [1.165, 1.54) is 0 Å². The molecule has 3 aromatic rings. The number of ether oxygens (including phenoxy) is 1. The normalized spacial score (nSPS) is 12.5. The predicted octanol–water partition coefficient (Wildman–Crippen LogP) is 2.56. The number of nitrogens with one attached hydrogen (secondary N) is 1. The Morgan fingerprint density at radius 3 is 2.50 bits per heavy atom. The smallest absolute Gasteiger partial charge is 0.413 e. The quantitative estimate of drug-likeness (QED) is 0.466. The van der Waals surface area contributed by atoms with E-state index in [1.807, 2.05) is 18.2 Å². The van der Waals surface area contributed by atoms with Gasteiger partial charge in [0.25, 0.3) is 0 Å². The summed E-state index contributed by atoms with van der Waals surface area (Å²) < 4.78 is 7.15. The van der Waals surface area contributed by atoms with Gasteiger partial charge in [0.15, 0.2) is 5.82 Å². The minimum atomic E-state index is -1.05. The molecule has 0 atom stereocenters. The van der Waals surface area contributed by atoms with Crippen molar-refractivity contribution in [1.82, 2.24) is 14.5 Å². The summed E-state index contributed by atoms with van der Waals surface area (Å²) in [6, 6.07) is 7.38. The van der Waals surface area contributed by atoms with E-state index in [1.54, 1.807) is 38.3 Å². The van der Waals surface area contributed by atoms with Crippen LogP contribution in [-0.2, 0) is 17.9 Å². The number of benzene rings is 1. The minimum Gasteiger partial charge on any atom is -0.443 e. The van der Waals surface area contributed by atoms with Gasteiger partial charge in [-0.3, -0.25) is 5.32 Å². The van der Waals surface area contributed by atoms with E-state index in [-0.39, 0.29) is 32.0 Å². The van der Waals surface area contributed by atoms with Crippen molar-refractivity contribution in [2.45, 2.75) is 58.5 Å². The van der Waals surface area contributed by atoms with Crippen LogP contribution in [0, 0.1) is 0 Å². The maximum Gasteiger partial charge on any atom is 0.413 e. The van der Waals surface area contributed by atoms with E-state index >= 15 is 0 Å². The molecule has 0 bridgehead atoms. The fourth-order valence-corrected chi connectivity index (χ4v) is 3.34. The number of carbonyl (C=O) groups is 1. The van der Waals surface area contributed by atoms with Gasteiger partial charge in [-0.1, -0.05) is 18.2 Å². The molecule has 2 aromatic heterocycles. The lowest BCUT2D eigenvalue weighted by Crippen LogP contribution is -2.31. The van der Waals surface area contributed by atoms with Crippen LogP contribution in [0.3, 0.4) is 0 Å². The molecule has 9 heteroatoms. The van der Waals surface area contributed by atoms with Gasteiger partial charge in [0.2, 0.25) is 0 Å². The molecule has 2 heterocycles. The summed E-state index contributed by atoms with van der Waals surface area (Å²) >= 11 is 0. The highest BCUT2D eigenvalue weighted by molar-refractivity contribution is 6.09. The second kappa shape index (κ2) is 8.17. The summed E-state index contributed by atoms with van der Waals surface area (Å²) in [5.74, 6) is 0.542. The average molecular weight is 416 g/mol. The summed E-state index contributed by atoms with van der Waals surface area (Å²) in [5.41, 5.74) is -0.249. The second-order valence-electron chi connectivity index (χ2n) is 8.51. The molecule has 9 nitrogen and oxygen atoms in total. The first kappa shape index (κ1) is 21.9. The van der Waals surface area contributed by atoms with E-state index in [0.717, 1.165) is 5.39 Å². The van der Waals surface area contributed by atoms with E-state index in [4.69, 9.17) is 9.84 Å². The number of imidazole rings is 1. The van der Waals surface area contributed by atoms with Crippen LogP contribution < -0.4 is 5.32 Å². The van der Waals surface area contributed by atoms with Crippen molar-refractivity contribution in [2.75, 3.05) is 11.9 Å². The molecule has 4 N–H and O–H groups in total. The Bertz CT molecular complexity index is 1070. The van der Waals surface area contributed by atoms with Gasteiger partial charge in [-0.2, -0.15) is 0 Å². The number of anilines is 1. The zero-order chi connectivity index (χ0) is 22.1. The fraction of sp³-hybridized carbons (Fsp3) is 0.476. The number of fused-ring (bicyclic) bond motifs is 3. The summed E-state index contributed by atoms with van der Waals surface area (Å²) in [7, 11) is 0. The van der Waals surface area contributed by atoms with Crippen molar-refractivity contribution in [3.63, 3.8) is 0 Å². The van der Waals surface area contributed by atoms with E-state index < -0.39 is 17.3 Å². The van der Waals surface area contributed by atoms with E-state index in [0.29, 0.717) is 22.4 Å². The third-order valence-corrected chi connectivity index (χ3v) is 4.65. The summed E-state index contributed by atoms with van der Waals surface area (Å²) in [4.78, 5) is 21.5. The molecule has 0 unspecified atom stereocenters. The molecular formula is C21H28N4O5. The van der Waals surface area contributed by atoms with Gasteiger partial charge in [-0.25, -0.2) is 14.8 Å². The Labute approximate surface area is 174 Å². The Balaban J connectivity index is 2.14. The lowest BCUT2D eigenvalue weighted by atomic mass is 10.1. The number of amides is 1. The van der Waals surface area contributed by atoms with Gasteiger partial charge in [-0.05, 0) is 33.8 Å². The zero-order valence-corrected chi connectivity index (χ0v) is 17.6. The Hall–Kier alpha value is -2.75. The molecule has 1 amide bonds. The molecule has 0 aliphatic carbocycles.